The quantitative estimate of drug-likeness (QED) is 0.741. The van der Waals surface area contributed by atoms with Crippen molar-refractivity contribution in [3.05, 3.63) is 53.6 Å². The fourth-order valence-corrected chi connectivity index (χ4v) is 2.56. The lowest BCUT2D eigenvalue weighted by atomic mass is 10.1. The van der Waals surface area contributed by atoms with Gasteiger partial charge in [0.25, 0.3) is 0 Å². The van der Waals surface area contributed by atoms with Crippen LogP contribution >= 0.6 is 0 Å². The third kappa shape index (κ3) is 4.75. The highest BCUT2D eigenvalue weighted by atomic mass is 16.5. The van der Waals surface area contributed by atoms with Crippen LogP contribution in [0.2, 0.25) is 0 Å². The number of hydrogen-bond donors (Lipinski definition) is 3. The number of carbonyl (C=O) groups excluding carboxylic acids is 2. The number of anilines is 2. The number of aryl methyl sites for hydroxylation is 1. The van der Waals surface area contributed by atoms with Gasteiger partial charge in [-0.2, -0.15) is 0 Å². The van der Waals surface area contributed by atoms with E-state index in [9.17, 15) is 9.59 Å². The van der Waals surface area contributed by atoms with Crippen LogP contribution in [0.1, 0.15) is 24.0 Å². The van der Waals surface area contributed by atoms with Gasteiger partial charge in [-0.1, -0.05) is 18.2 Å². The molecule has 0 spiro atoms. The highest BCUT2D eigenvalue weighted by Gasteiger charge is 2.29. The summed E-state index contributed by atoms with van der Waals surface area (Å²) in [6.45, 7) is 2.30. The van der Waals surface area contributed by atoms with E-state index < -0.39 is 0 Å². The third-order valence-electron chi connectivity index (χ3n) is 4.29. The average molecular weight is 353 g/mol. The molecule has 1 saturated carbocycles. The molecule has 0 bridgehead atoms. The molecule has 136 valence electrons. The summed E-state index contributed by atoms with van der Waals surface area (Å²) in [5.41, 5.74) is 3.23. The maximum absolute atomic E-state index is 12.2. The number of carbonyl (C=O) groups is 2. The molecule has 26 heavy (non-hydrogen) atoms. The standard InChI is InChI=1S/C20H23N3O3/c1-13-6-9-16(22-19(24)15-7-8-15)11-18(13)23-20(25)21-12-14-4-3-5-17(10-14)26-2/h3-6,9-11,15H,7-8,12H2,1-2H3,(H,22,24)(H2,21,23,25). The van der Waals surface area contributed by atoms with Crippen LogP contribution in [0, 0.1) is 12.8 Å². The van der Waals surface area contributed by atoms with Gasteiger partial charge in [0.2, 0.25) is 5.91 Å². The van der Waals surface area contributed by atoms with Crippen molar-refractivity contribution in [1.29, 1.82) is 0 Å². The van der Waals surface area contributed by atoms with E-state index in [0.29, 0.717) is 17.9 Å². The molecule has 3 amide bonds. The van der Waals surface area contributed by atoms with Crippen molar-refractivity contribution >= 4 is 23.3 Å². The second-order valence-corrected chi connectivity index (χ2v) is 6.45. The number of rotatable bonds is 6. The second-order valence-electron chi connectivity index (χ2n) is 6.45. The van der Waals surface area contributed by atoms with E-state index in [1.165, 1.54) is 0 Å². The largest absolute Gasteiger partial charge is 0.497 e. The minimum atomic E-state index is -0.304. The maximum atomic E-state index is 12.2. The fourth-order valence-electron chi connectivity index (χ4n) is 2.56. The van der Waals surface area contributed by atoms with Crippen LogP contribution in [0.15, 0.2) is 42.5 Å². The SMILES string of the molecule is COc1cccc(CNC(=O)Nc2cc(NC(=O)C3CC3)ccc2C)c1. The third-order valence-corrected chi connectivity index (χ3v) is 4.29. The van der Waals surface area contributed by atoms with Crippen LogP contribution in [0.25, 0.3) is 0 Å². The number of amides is 3. The summed E-state index contributed by atoms with van der Waals surface area (Å²) >= 11 is 0. The predicted octanol–water partition coefficient (Wildman–Crippen LogP) is 3.67. The Morgan fingerprint density at radius 1 is 1.12 bits per heavy atom. The Balaban J connectivity index is 1.58. The van der Waals surface area contributed by atoms with Gasteiger partial charge in [-0.3, -0.25) is 4.79 Å². The smallest absolute Gasteiger partial charge is 0.319 e. The molecule has 1 fully saturated rings. The first-order valence-corrected chi connectivity index (χ1v) is 8.64. The van der Waals surface area contributed by atoms with Gasteiger partial charge in [-0.15, -0.1) is 0 Å². The molecule has 0 heterocycles. The summed E-state index contributed by atoms with van der Waals surface area (Å²) in [5, 5.41) is 8.55. The Morgan fingerprint density at radius 2 is 1.92 bits per heavy atom. The number of urea groups is 1. The summed E-state index contributed by atoms with van der Waals surface area (Å²) in [6.07, 6.45) is 1.91. The molecule has 0 radical (unpaired) electrons. The highest BCUT2D eigenvalue weighted by Crippen LogP contribution is 2.30. The first-order valence-electron chi connectivity index (χ1n) is 8.64. The molecule has 0 aliphatic heterocycles. The lowest BCUT2D eigenvalue weighted by Crippen LogP contribution is -2.28. The molecule has 0 atom stereocenters. The molecular weight excluding hydrogens is 330 g/mol. The zero-order chi connectivity index (χ0) is 18.5. The van der Waals surface area contributed by atoms with Gasteiger partial charge in [0.15, 0.2) is 0 Å². The predicted molar refractivity (Wildman–Crippen MR) is 101 cm³/mol. The van der Waals surface area contributed by atoms with Crippen molar-refractivity contribution < 1.29 is 14.3 Å². The van der Waals surface area contributed by atoms with Crippen molar-refractivity contribution in [3.8, 4) is 5.75 Å². The van der Waals surface area contributed by atoms with Crippen LogP contribution in [0.4, 0.5) is 16.2 Å². The van der Waals surface area contributed by atoms with Gasteiger partial charge in [0.05, 0.1) is 7.11 Å². The lowest BCUT2D eigenvalue weighted by molar-refractivity contribution is -0.117. The molecule has 3 rings (SSSR count). The Bertz CT molecular complexity index is 816. The minimum Gasteiger partial charge on any atom is -0.497 e. The summed E-state index contributed by atoms with van der Waals surface area (Å²) in [5.74, 6) is 0.931. The Labute approximate surface area is 152 Å². The van der Waals surface area contributed by atoms with Crippen molar-refractivity contribution in [1.82, 2.24) is 5.32 Å². The Morgan fingerprint density at radius 3 is 2.65 bits per heavy atom. The summed E-state index contributed by atoms with van der Waals surface area (Å²) < 4.78 is 5.18. The molecule has 2 aromatic rings. The van der Waals surface area contributed by atoms with Crippen molar-refractivity contribution in [2.45, 2.75) is 26.3 Å². The number of hydrogen-bond acceptors (Lipinski definition) is 3. The van der Waals surface area contributed by atoms with Crippen LogP contribution in [0.5, 0.6) is 5.75 Å². The molecule has 3 N–H and O–H groups in total. The van der Waals surface area contributed by atoms with E-state index in [0.717, 1.165) is 29.7 Å². The van der Waals surface area contributed by atoms with Crippen molar-refractivity contribution in [3.63, 3.8) is 0 Å². The zero-order valence-corrected chi connectivity index (χ0v) is 15.0. The monoisotopic (exact) mass is 353 g/mol. The fraction of sp³-hybridized carbons (Fsp3) is 0.300. The first-order chi connectivity index (χ1) is 12.5. The van der Waals surface area contributed by atoms with Gasteiger partial charge in [0.1, 0.15) is 5.75 Å². The van der Waals surface area contributed by atoms with Crippen LogP contribution < -0.4 is 20.7 Å². The molecule has 0 unspecified atom stereocenters. The van der Waals surface area contributed by atoms with E-state index in [1.54, 1.807) is 13.2 Å². The average Bonchev–Trinajstić information content (AvgIpc) is 3.48. The molecule has 0 aromatic heterocycles. The second kappa shape index (κ2) is 7.91. The van der Waals surface area contributed by atoms with Crippen LogP contribution in [-0.2, 0) is 11.3 Å². The number of methoxy groups -OCH3 is 1. The Hall–Kier alpha value is -3.02. The van der Waals surface area contributed by atoms with Gasteiger partial charge in [-0.25, -0.2) is 4.79 Å². The van der Waals surface area contributed by atoms with Gasteiger partial charge in [-0.05, 0) is 55.2 Å². The first kappa shape index (κ1) is 17.8. The van der Waals surface area contributed by atoms with E-state index in [4.69, 9.17) is 4.74 Å². The van der Waals surface area contributed by atoms with Gasteiger partial charge < -0.3 is 20.7 Å². The van der Waals surface area contributed by atoms with Gasteiger partial charge in [0, 0.05) is 23.8 Å². The molecular formula is C20H23N3O3. The summed E-state index contributed by atoms with van der Waals surface area (Å²) in [7, 11) is 1.61. The van der Waals surface area contributed by atoms with Crippen molar-refractivity contribution in [2.75, 3.05) is 17.7 Å². The molecule has 1 aliphatic rings. The lowest BCUT2D eigenvalue weighted by Gasteiger charge is -2.12. The topological polar surface area (TPSA) is 79.5 Å². The van der Waals surface area contributed by atoms with Crippen LogP contribution in [-0.4, -0.2) is 19.0 Å². The molecule has 1 aliphatic carbocycles. The van der Waals surface area contributed by atoms with Gasteiger partial charge >= 0.3 is 6.03 Å². The number of benzene rings is 2. The van der Waals surface area contributed by atoms with E-state index in [-0.39, 0.29) is 17.9 Å². The highest BCUT2D eigenvalue weighted by molar-refractivity contribution is 5.96. The van der Waals surface area contributed by atoms with E-state index >= 15 is 0 Å². The zero-order valence-electron chi connectivity index (χ0n) is 15.0. The molecule has 2 aromatic carbocycles. The number of ether oxygens (including phenoxy) is 1. The molecule has 6 nitrogen and oxygen atoms in total. The number of nitrogens with one attached hydrogen (secondary N) is 3. The molecule has 6 heteroatoms. The van der Waals surface area contributed by atoms with Crippen LogP contribution in [0.3, 0.4) is 0 Å². The molecule has 0 saturated heterocycles. The summed E-state index contributed by atoms with van der Waals surface area (Å²) in [6, 6.07) is 12.7. The van der Waals surface area contributed by atoms with E-state index in [1.807, 2.05) is 43.3 Å². The van der Waals surface area contributed by atoms with Crippen molar-refractivity contribution in [2.24, 2.45) is 5.92 Å². The maximum Gasteiger partial charge on any atom is 0.319 e. The van der Waals surface area contributed by atoms with E-state index in [2.05, 4.69) is 16.0 Å². The Kier molecular flexibility index (Phi) is 5.41. The minimum absolute atomic E-state index is 0.0438. The summed E-state index contributed by atoms with van der Waals surface area (Å²) in [4.78, 5) is 24.1. The normalized spacial score (nSPS) is 13.0.